The Kier molecular flexibility index (Phi) is 9.10. The topological polar surface area (TPSA) is 55.8 Å². The summed E-state index contributed by atoms with van der Waals surface area (Å²) in [5.41, 5.74) is 2.55. The molecule has 0 fully saturated rings. The predicted octanol–water partition coefficient (Wildman–Crippen LogP) is 5.81. The highest BCUT2D eigenvalue weighted by molar-refractivity contribution is 7.47. The maximum absolute atomic E-state index is 11.0. The van der Waals surface area contributed by atoms with E-state index in [1.807, 2.05) is 19.1 Å². The summed E-state index contributed by atoms with van der Waals surface area (Å²) in [6.07, 6.45) is 2.47. The van der Waals surface area contributed by atoms with Crippen LogP contribution in [0.15, 0.2) is 72.5 Å². The Morgan fingerprint density at radius 2 is 1.46 bits per heavy atom. The first-order chi connectivity index (χ1) is 11.5. The van der Waals surface area contributed by atoms with Crippen molar-refractivity contribution < 1.29 is 18.5 Å². The Bertz CT molecular complexity index is 616. The van der Waals surface area contributed by atoms with Gasteiger partial charge in [-0.25, -0.2) is 4.57 Å². The van der Waals surface area contributed by atoms with Gasteiger partial charge in [-0.3, -0.25) is 9.42 Å². The van der Waals surface area contributed by atoms with Crippen LogP contribution in [0.1, 0.15) is 27.2 Å². The molecule has 0 amide bonds. The minimum absolute atomic E-state index is 0.160. The molecule has 5 heteroatoms. The van der Waals surface area contributed by atoms with Crippen molar-refractivity contribution in [1.29, 1.82) is 0 Å². The minimum Gasteiger partial charge on any atom is -0.409 e. The molecule has 0 radical (unpaired) electrons. The lowest BCUT2D eigenvalue weighted by atomic mass is 10.1. The van der Waals surface area contributed by atoms with Crippen molar-refractivity contribution in [3.05, 3.63) is 72.5 Å². The second-order valence-electron chi connectivity index (χ2n) is 4.93. The van der Waals surface area contributed by atoms with Crippen molar-refractivity contribution in [1.82, 2.24) is 0 Å². The maximum Gasteiger partial charge on any atom is 0.527 e. The van der Waals surface area contributed by atoms with Gasteiger partial charge < -0.3 is 4.52 Å². The van der Waals surface area contributed by atoms with Crippen molar-refractivity contribution in [3.63, 3.8) is 0 Å². The molecule has 0 saturated heterocycles. The molecule has 4 nitrogen and oxygen atoms in total. The number of phosphoric ester groups is 1. The van der Waals surface area contributed by atoms with Crippen LogP contribution in [-0.2, 0) is 13.6 Å². The Morgan fingerprint density at radius 3 is 1.83 bits per heavy atom. The summed E-state index contributed by atoms with van der Waals surface area (Å²) < 4.78 is 20.1. The lowest BCUT2D eigenvalue weighted by molar-refractivity contribution is 0.186. The first-order valence-electron chi connectivity index (χ1n) is 7.92. The third kappa shape index (κ3) is 8.11. The first kappa shape index (κ1) is 20.2. The molecule has 2 aromatic carbocycles. The van der Waals surface area contributed by atoms with E-state index in [2.05, 4.69) is 57.6 Å². The Labute approximate surface area is 144 Å². The molecular weight excluding hydrogens is 323 g/mol. The van der Waals surface area contributed by atoms with E-state index in [1.165, 1.54) is 11.1 Å². The normalized spacial score (nSPS) is 13.4. The number of rotatable bonds is 6. The van der Waals surface area contributed by atoms with Crippen molar-refractivity contribution in [2.24, 2.45) is 0 Å². The van der Waals surface area contributed by atoms with E-state index in [1.54, 1.807) is 19.9 Å². The number of allylic oxidation sites excluding steroid dienone is 2. The molecule has 0 aliphatic rings. The van der Waals surface area contributed by atoms with Crippen LogP contribution in [0.4, 0.5) is 0 Å². The van der Waals surface area contributed by atoms with Crippen LogP contribution in [0, 0.1) is 0 Å². The van der Waals surface area contributed by atoms with E-state index >= 15 is 0 Å². The van der Waals surface area contributed by atoms with Gasteiger partial charge in [-0.2, -0.15) is 0 Å². The van der Waals surface area contributed by atoms with Gasteiger partial charge in [-0.15, -0.1) is 0 Å². The summed E-state index contributed by atoms with van der Waals surface area (Å²) in [6.45, 7) is 5.32. The van der Waals surface area contributed by atoms with Gasteiger partial charge in [0, 0.05) is 0 Å². The van der Waals surface area contributed by atoms with Crippen LogP contribution in [0.25, 0.3) is 11.1 Å². The maximum atomic E-state index is 11.0. The monoisotopic (exact) mass is 348 g/mol. The zero-order valence-corrected chi connectivity index (χ0v) is 15.3. The molecule has 0 aromatic heterocycles. The predicted molar refractivity (Wildman–Crippen MR) is 98.5 cm³/mol. The van der Waals surface area contributed by atoms with Gasteiger partial charge in [-0.05, 0) is 37.5 Å². The van der Waals surface area contributed by atoms with Gasteiger partial charge in [0.05, 0.1) is 6.61 Å². The Balaban J connectivity index is 0.000000240. The molecule has 130 valence electrons. The summed E-state index contributed by atoms with van der Waals surface area (Å²) in [5, 5.41) is 0. The second-order valence-corrected chi connectivity index (χ2v) is 6.31. The zero-order valence-electron chi connectivity index (χ0n) is 14.4. The van der Waals surface area contributed by atoms with Crippen molar-refractivity contribution in [2.45, 2.75) is 27.2 Å². The van der Waals surface area contributed by atoms with Crippen LogP contribution < -0.4 is 0 Å². The molecule has 0 bridgehead atoms. The fraction of sp³-hybridized carbons (Fsp3) is 0.263. The summed E-state index contributed by atoms with van der Waals surface area (Å²) in [6, 6.07) is 20.8. The number of phosphoric acid groups is 1. The first-order valence-corrected chi connectivity index (χ1v) is 9.42. The van der Waals surface area contributed by atoms with Crippen molar-refractivity contribution in [3.8, 4) is 11.1 Å². The number of benzene rings is 2. The standard InChI is InChI=1S/C12H10.C7H15O4P/c1-3-7-11(8-4-1)12-9-5-2-6-10-12;1-4-6-7(3)11-12(8,9)10-5-2/h1-10H;6H,4-5H2,1-3H3,(H,8,9). The molecule has 1 N–H and O–H groups in total. The third-order valence-electron chi connectivity index (χ3n) is 2.92. The SMILES string of the molecule is CCC=C(C)OP(=O)(O)OCC.c1ccc(-c2ccccc2)cc1. The van der Waals surface area contributed by atoms with E-state index in [4.69, 9.17) is 4.89 Å². The molecule has 2 aromatic rings. The van der Waals surface area contributed by atoms with Crippen LogP contribution in [0.3, 0.4) is 0 Å². The lowest BCUT2D eigenvalue weighted by Gasteiger charge is -2.11. The van der Waals surface area contributed by atoms with E-state index in [-0.39, 0.29) is 6.61 Å². The smallest absolute Gasteiger partial charge is 0.409 e. The van der Waals surface area contributed by atoms with Gasteiger partial charge in [-0.1, -0.05) is 67.6 Å². The molecule has 0 heterocycles. The Morgan fingerprint density at radius 1 is 1.00 bits per heavy atom. The molecule has 1 atom stereocenters. The fourth-order valence-electron chi connectivity index (χ4n) is 1.96. The van der Waals surface area contributed by atoms with E-state index in [0.29, 0.717) is 5.76 Å². The molecule has 0 aliphatic carbocycles. The summed E-state index contributed by atoms with van der Waals surface area (Å²) in [7, 11) is -3.85. The minimum atomic E-state index is -3.85. The lowest BCUT2D eigenvalue weighted by Crippen LogP contribution is -1.92. The number of hydrogen-bond acceptors (Lipinski definition) is 3. The van der Waals surface area contributed by atoms with E-state index < -0.39 is 7.82 Å². The molecular formula is C19H25O4P. The van der Waals surface area contributed by atoms with Crippen LogP contribution in [-0.4, -0.2) is 11.5 Å². The summed E-state index contributed by atoms with van der Waals surface area (Å²) in [4.78, 5) is 8.98. The van der Waals surface area contributed by atoms with Crippen molar-refractivity contribution in [2.75, 3.05) is 6.61 Å². The molecule has 0 aliphatic heterocycles. The zero-order chi connectivity index (χ0) is 17.8. The van der Waals surface area contributed by atoms with Gasteiger partial charge in [0.15, 0.2) is 0 Å². The van der Waals surface area contributed by atoms with Crippen LogP contribution in [0.5, 0.6) is 0 Å². The highest BCUT2D eigenvalue weighted by Crippen LogP contribution is 2.45. The van der Waals surface area contributed by atoms with Gasteiger partial charge in [0.2, 0.25) is 0 Å². The number of hydrogen-bond donors (Lipinski definition) is 1. The fourth-order valence-corrected chi connectivity index (χ4v) is 2.77. The van der Waals surface area contributed by atoms with Crippen molar-refractivity contribution >= 4 is 7.82 Å². The van der Waals surface area contributed by atoms with Gasteiger partial charge in [0.25, 0.3) is 0 Å². The second kappa shape index (κ2) is 10.8. The quantitative estimate of drug-likeness (QED) is 0.529. The average molecular weight is 348 g/mol. The van der Waals surface area contributed by atoms with Crippen LogP contribution >= 0.6 is 7.82 Å². The highest BCUT2D eigenvalue weighted by atomic mass is 31.2. The summed E-state index contributed by atoms with van der Waals surface area (Å²) >= 11 is 0. The van der Waals surface area contributed by atoms with Crippen LogP contribution in [0.2, 0.25) is 0 Å². The largest absolute Gasteiger partial charge is 0.527 e. The Hall–Kier alpha value is -1.87. The molecule has 0 spiro atoms. The van der Waals surface area contributed by atoms with Gasteiger partial charge >= 0.3 is 7.82 Å². The van der Waals surface area contributed by atoms with Gasteiger partial charge in [0.1, 0.15) is 5.76 Å². The molecule has 1 unspecified atom stereocenters. The average Bonchev–Trinajstić information content (AvgIpc) is 2.56. The van der Waals surface area contributed by atoms with E-state index in [0.717, 1.165) is 6.42 Å². The molecule has 2 rings (SSSR count). The third-order valence-corrected chi connectivity index (χ3v) is 4.03. The highest BCUT2D eigenvalue weighted by Gasteiger charge is 2.20. The summed E-state index contributed by atoms with van der Waals surface area (Å²) in [5.74, 6) is 0.414. The molecule has 24 heavy (non-hydrogen) atoms. The molecule has 0 saturated carbocycles. The van der Waals surface area contributed by atoms with E-state index in [9.17, 15) is 4.57 Å².